The Morgan fingerprint density at radius 2 is 2.00 bits per heavy atom. The molecule has 2 fully saturated rings. The average molecular weight is 339 g/mol. The van der Waals surface area contributed by atoms with Crippen molar-refractivity contribution >= 4 is 10.9 Å². The molecule has 0 radical (unpaired) electrons. The van der Waals surface area contributed by atoms with Crippen LogP contribution in [0.15, 0.2) is 43.1 Å². The first kappa shape index (κ1) is 16.8. The minimum atomic E-state index is 0.428. The van der Waals surface area contributed by atoms with E-state index in [1.807, 2.05) is 12.3 Å². The molecule has 0 aliphatic carbocycles. The van der Waals surface area contributed by atoms with E-state index in [2.05, 4.69) is 52.4 Å². The molecule has 1 aromatic carbocycles. The van der Waals surface area contributed by atoms with Crippen LogP contribution in [0.5, 0.6) is 0 Å². The first-order chi connectivity index (χ1) is 12.2. The average Bonchev–Trinajstić information content (AvgIpc) is 3.11. The van der Waals surface area contributed by atoms with Crippen LogP contribution >= 0.6 is 0 Å². The van der Waals surface area contributed by atoms with Crippen LogP contribution in [0.2, 0.25) is 0 Å². The molecule has 4 atom stereocenters. The summed E-state index contributed by atoms with van der Waals surface area (Å²) >= 11 is 0. The van der Waals surface area contributed by atoms with Crippen molar-refractivity contribution in [3.8, 4) is 0 Å². The van der Waals surface area contributed by atoms with Crippen LogP contribution in [0.3, 0.4) is 0 Å². The van der Waals surface area contributed by atoms with Gasteiger partial charge in [0.2, 0.25) is 0 Å². The van der Waals surface area contributed by atoms with Gasteiger partial charge in [-0.25, -0.2) is 0 Å². The fraction of sp³-hybridized carbons (Fsp3) is 0.571. The molecule has 2 aromatic rings. The van der Waals surface area contributed by atoms with E-state index >= 15 is 0 Å². The highest BCUT2D eigenvalue weighted by molar-refractivity contribution is 5.78. The standard InChI is InChI=1S/C21H29N3O/c1-3-10-25-20-11-18-8-9-19(12-20)23(18)14-16(2)15-24-21-7-5-4-6-17(21)13-22-24/h3-7,13,16,18-20H,1,8-12,14-15H2,2H3/t16?,18-,19?,20?/m1/s1. The van der Waals surface area contributed by atoms with Gasteiger partial charge in [-0.2, -0.15) is 5.10 Å². The van der Waals surface area contributed by atoms with Gasteiger partial charge in [-0.3, -0.25) is 9.58 Å². The minimum absolute atomic E-state index is 0.428. The number of ether oxygens (including phenoxy) is 1. The molecule has 134 valence electrons. The summed E-state index contributed by atoms with van der Waals surface area (Å²) in [5.74, 6) is 0.594. The number of benzene rings is 1. The minimum Gasteiger partial charge on any atom is -0.374 e. The number of hydrogen-bond donors (Lipinski definition) is 0. The van der Waals surface area contributed by atoms with Crippen molar-refractivity contribution in [3.05, 3.63) is 43.1 Å². The summed E-state index contributed by atoms with van der Waals surface area (Å²) in [6.45, 7) is 8.96. The summed E-state index contributed by atoms with van der Waals surface area (Å²) in [6.07, 6.45) is 9.30. The number of nitrogens with zero attached hydrogens (tertiary/aromatic N) is 3. The maximum Gasteiger partial charge on any atom is 0.0682 e. The van der Waals surface area contributed by atoms with E-state index in [0.29, 0.717) is 30.7 Å². The lowest BCUT2D eigenvalue weighted by molar-refractivity contribution is -0.0134. The summed E-state index contributed by atoms with van der Waals surface area (Å²) < 4.78 is 8.11. The third-order valence-corrected chi connectivity index (χ3v) is 5.85. The second-order valence-electron chi connectivity index (χ2n) is 7.79. The summed E-state index contributed by atoms with van der Waals surface area (Å²) in [7, 11) is 0. The topological polar surface area (TPSA) is 30.3 Å². The Morgan fingerprint density at radius 3 is 2.76 bits per heavy atom. The monoisotopic (exact) mass is 339 g/mol. The normalized spacial score (nSPS) is 27.6. The molecule has 2 aliphatic heterocycles. The van der Waals surface area contributed by atoms with Gasteiger partial charge in [0.15, 0.2) is 0 Å². The quantitative estimate of drug-likeness (QED) is 0.717. The predicted molar refractivity (Wildman–Crippen MR) is 102 cm³/mol. The second-order valence-corrected chi connectivity index (χ2v) is 7.79. The molecule has 0 N–H and O–H groups in total. The summed E-state index contributed by atoms with van der Waals surface area (Å²) in [5, 5.41) is 5.83. The molecule has 25 heavy (non-hydrogen) atoms. The SMILES string of the molecule is C=CCOC1CC2CC[C@H](C1)N2CC(C)Cn1ncc2ccccc21. The molecule has 4 rings (SSSR count). The Balaban J connectivity index is 1.37. The van der Waals surface area contributed by atoms with Crippen molar-refractivity contribution in [2.75, 3.05) is 13.2 Å². The van der Waals surface area contributed by atoms with Crippen molar-refractivity contribution in [2.45, 2.75) is 57.3 Å². The van der Waals surface area contributed by atoms with Crippen LogP contribution in [0.25, 0.3) is 10.9 Å². The molecule has 0 saturated carbocycles. The molecule has 1 aromatic heterocycles. The fourth-order valence-corrected chi connectivity index (χ4v) is 4.75. The van der Waals surface area contributed by atoms with Gasteiger partial charge < -0.3 is 4.74 Å². The Hall–Kier alpha value is -1.65. The van der Waals surface area contributed by atoms with E-state index in [1.54, 1.807) is 0 Å². The third kappa shape index (κ3) is 3.51. The fourth-order valence-electron chi connectivity index (χ4n) is 4.75. The van der Waals surface area contributed by atoms with Gasteiger partial charge >= 0.3 is 0 Å². The number of rotatable bonds is 7. The van der Waals surface area contributed by atoms with E-state index in [1.165, 1.54) is 36.6 Å². The van der Waals surface area contributed by atoms with E-state index in [0.717, 1.165) is 13.1 Å². The maximum atomic E-state index is 5.94. The van der Waals surface area contributed by atoms with Gasteiger partial charge in [-0.05, 0) is 37.7 Å². The highest BCUT2D eigenvalue weighted by Crippen LogP contribution is 2.37. The molecular weight excluding hydrogens is 310 g/mol. The first-order valence-corrected chi connectivity index (χ1v) is 9.63. The number of hydrogen-bond acceptors (Lipinski definition) is 3. The van der Waals surface area contributed by atoms with Gasteiger partial charge in [0.25, 0.3) is 0 Å². The third-order valence-electron chi connectivity index (χ3n) is 5.85. The number of fused-ring (bicyclic) bond motifs is 3. The second kappa shape index (κ2) is 7.30. The van der Waals surface area contributed by atoms with Gasteiger partial charge in [-0.1, -0.05) is 31.2 Å². The van der Waals surface area contributed by atoms with Gasteiger partial charge in [-0.15, -0.1) is 6.58 Å². The van der Waals surface area contributed by atoms with Gasteiger partial charge in [0, 0.05) is 30.6 Å². The zero-order valence-electron chi connectivity index (χ0n) is 15.2. The molecule has 2 bridgehead atoms. The zero-order chi connectivity index (χ0) is 17.2. The smallest absolute Gasteiger partial charge is 0.0682 e. The predicted octanol–water partition coefficient (Wildman–Crippen LogP) is 3.87. The number of piperidine rings is 1. The molecule has 2 saturated heterocycles. The van der Waals surface area contributed by atoms with Crippen molar-refractivity contribution in [2.24, 2.45) is 5.92 Å². The summed E-state index contributed by atoms with van der Waals surface area (Å²) in [4.78, 5) is 2.75. The van der Waals surface area contributed by atoms with Crippen molar-refractivity contribution in [1.82, 2.24) is 14.7 Å². The summed E-state index contributed by atoms with van der Waals surface area (Å²) in [5.41, 5.74) is 1.24. The molecule has 0 spiro atoms. The van der Waals surface area contributed by atoms with Crippen LogP contribution in [0, 0.1) is 5.92 Å². The van der Waals surface area contributed by atoms with Gasteiger partial charge in [0.1, 0.15) is 0 Å². The van der Waals surface area contributed by atoms with E-state index in [9.17, 15) is 0 Å². The Bertz CT molecular complexity index is 711. The van der Waals surface area contributed by atoms with Gasteiger partial charge in [0.05, 0.1) is 24.4 Å². The molecule has 0 amide bonds. The van der Waals surface area contributed by atoms with Crippen LogP contribution in [-0.4, -0.2) is 46.0 Å². The molecule has 3 heterocycles. The largest absolute Gasteiger partial charge is 0.374 e. The van der Waals surface area contributed by atoms with E-state index in [4.69, 9.17) is 4.74 Å². The Kier molecular flexibility index (Phi) is 4.91. The summed E-state index contributed by atoms with van der Waals surface area (Å²) in [6, 6.07) is 9.88. The van der Waals surface area contributed by atoms with Crippen LogP contribution < -0.4 is 0 Å². The van der Waals surface area contributed by atoms with E-state index in [-0.39, 0.29) is 0 Å². The molecule has 4 nitrogen and oxygen atoms in total. The number of para-hydroxylation sites is 1. The van der Waals surface area contributed by atoms with E-state index < -0.39 is 0 Å². The van der Waals surface area contributed by atoms with Crippen LogP contribution in [0.4, 0.5) is 0 Å². The lowest BCUT2D eigenvalue weighted by Crippen LogP contribution is -2.47. The van der Waals surface area contributed by atoms with Crippen LogP contribution in [-0.2, 0) is 11.3 Å². The van der Waals surface area contributed by atoms with Crippen molar-refractivity contribution < 1.29 is 4.74 Å². The van der Waals surface area contributed by atoms with Crippen molar-refractivity contribution in [3.63, 3.8) is 0 Å². The lowest BCUT2D eigenvalue weighted by atomic mass is 9.98. The zero-order valence-corrected chi connectivity index (χ0v) is 15.2. The maximum absolute atomic E-state index is 5.94. The Morgan fingerprint density at radius 1 is 1.24 bits per heavy atom. The molecule has 3 unspecified atom stereocenters. The Labute approximate surface area is 150 Å². The molecule has 4 heteroatoms. The first-order valence-electron chi connectivity index (χ1n) is 9.63. The molecular formula is C21H29N3O. The molecule has 2 aliphatic rings. The van der Waals surface area contributed by atoms with Crippen LogP contribution in [0.1, 0.15) is 32.6 Å². The van der Waals surface area contributed by atoms with Crippen molar-refractivity contribution in [1.29, 1.82) is 0 Å². The highest BCUT2D eigenvalue weighted by Gasteiger charge is 2.41. The highest BCUT2D eigenvalue weighted by atomic mass is 16.5. The number of aromatic nitrogens is 2. The lowest BCUT2D eigenvalue weighted by Gasteiger charge is -2.40.